The van der Waals surface area contributed by atoms with Crippen LogP contribution in [0.5, 0.6) is 11.5 Å². The summed E-state index contributed by atoms with van der Waals surface area (Å²) in [6, 6.07) is 6.11. The van der Waals surface area contributed by atoms with Gasteiger partial charge in [0.15, 0.2) is 11.5 Å². The van der Waals surface area contributed by atoms with Gasteiger partial charge >= 0.3 is 0 Å². The average Bonchev–Trinajstić information content (AvgIpc) is 2.42. The maximum Gasteiger partial charge on any atom is 0.161 e. The third kappa shape index (κ3) is 3.87. The molecule has 19 heavy (non-hydrogen) atoms. The first-order chi connectivity index (χ1) is 9.22. The Bertz CT molecular complexity index is 398. The van der Waals surface area contributed by atoms with Gasteiger partial charge in [-0.1, -0.05) is 13.0 Å². The molecular formula is C16H25NO2. The number of methoxy groups -OCH3 is 1. The monoisotopic (exact) mass is 263 g/mol. The van der Waals surface area contributed by atoms with Crippen LogP contribution in [-0.4, -0.2) is 19.8 Å². The summed E-state index contributed by atoms with van der Waals surface area (Å²) >= 11 is 0. The van der Waals surface area contributed by atoms with Crippen molar-refractivity contribution >= 4 is 0 Å². The zero-order valence-corrected chi connectivity index (χ0v) is 12.0. The molecule has 0 unspecified atom stereocenters. The molecule has 3 heteroatoms. The number of rotatable bonds is 5. The van der Waals surface area contributed by atoms with Gasteiger partial charge in [-0.2, -0.15) is 0 Å². The van der Waals surface area contributed by atoms with Crippen molar-refractivity contribution < 1.29 is 9.47 Å². The minimum absolute atomic E-state index is 0.332. The van der Waals surface area contributed by atoms with Crippen molar-refractivity contribution in [2.45, 2.75) is 45.1 Å². The first-order valence-corrected chi connectivity index (χ1v) is 7.26. The summed E-state index contributed by atoms with van der Waals surface area (Å²) in [6.07, 6.45) is 6.02. The van der Waals surface area contributed by atoms with E-state index in [1.54, 1.807) is 7.11 Å². The molecule has 3 nitrogen and oxygen atoms in total. The summed E-state index contributed by atoms with van der Waals surface area (Å²) < 4.78 is 11.5. The van der Waals surface area contributed by atoms with Crippen molar-refractivity contribution in [3.8, 4) is 11.5 Å². The van der Waals surface area contributed by atoms with Crippen LogP contribution in [0.15, 0.2) is 18.2 Å². The number of hydrogen-bond acceptors (Lipinski definition) is 3. The zero-order chi connectivity index (χ0) is 13.7. The van der Waals surface area contributed by atoms with Gasteiger partial charge in [0.2, 0.25) is 0 Å². The van der Waals surface area contributed by atoms with Crippen molar-refractivity contribution in [3.63, 3.8) is 0 Å². The van der Waals surface area contributed by atoms with E-state index in [9.17, 15) is 0 Å². The van der Waals surface area contributed by atoms with E-state index >= 15 is 0 Å². The van der Waals surface area contributed by atoms with Crippen molar-refractivity contribution in [2.75, 3.05) is 13.7 Å². The van der Waals surface area contributed by atoms with Crippen molar-refractivity contribution in [3.05, 3.63) is 23.8 Å². The van der Waals surface area contributed by atoms with Crippen molar-refractivity contribution in [2.24, 2.45) is 11.7 Å². The smallest absolute Gasteiger partial charge is 0.161 e. The van der Waals surface area contributed by atoms with Crippen molar-refractivity contribution in [1.82, 2.24) is 0 Å². The summed E-state index contributed by atoms with van der Waals surface area (Å²) in [5.41, 5.74) is 6.82. The summed E-state index contributed by atoms with van der Waals surface area (Å²) in [7, 11) is 1.69. The molecule has 0 saturated heterocycles. The molecule has 0 heterocycles. The van der Waals surface area contributed by atoms with Gasteiger partial charge in [-0.05, 0) is 62.3 Å². The third-order valence-corrected chi connectivity index (χ3v) is 3.92. The highest BCUT2D eigenvalue weighted by atomic mass is 16.5. The Morgan fingerprint density at radius 1 is 1.16 bits per heavy atom. The SMILES string of the molecule is COc1ccc(CCN)cc1OC1CCC(C)CC1. The Kier molecular flexibility index (Phi) is 5.08. The second-order valence-electron chi connectivity index (χ2n) is 5.52. The van der Waals surface area contributed by atoms with E-state index in [0.717, 1.165) is 36.7 Å². The van der Waals surface area contributed by atoms with Crippen LogP contribution < -0.4 is 15.2 Å². The standard InChI is InChI=1S/C16H25NO2/c1-12-3-6-14(7-4-12)19-16-11-13(9-10-17)5-8-15(16)18-2/h5,8,11-12,14H,3-4,6-7,9-10,17H2,1-2H3. The zero-order valence-electron chi connectivity index (χ0n) is 12.0. The molecule has 0 bridgehead atoms. The van der Waals surface area contributed by atoms with E-state index in [1.165, 1.54) is 18.4 Å². The van der Waals surface area contributed by atoms with Crippen LogP contribution in [0.4, 0.5) is 0 Å². The molecule has 1 fully saturated rings. The van der Waals surface area contributed by atoms with E-state index < -0.39 is 0 Å². The lowest BCUT2D eigenvalue weighted by Gasteiger charge is -2.27. The molecular weight excluding hydrogens is 238 g/mol. The van der Waals surface area contributed by atoms with Gasteiger partial charge in [0, 0.05) is 0 Å². The lowest BCUT2D eigenvalue weighted by molar-refractivity contribution is 0.131. The molecule has 1 aromatic carbocycles. The number of benzene rings is 1. The normalized spacial score (nSPS) is 23.1. The maximum absolute atomic E-state index is 6.15. The number of ether oxygens (including phenoxy) is 2. The van der Waals surface area contributed by atoms with Gasteiger partial charge in [0.05, 0.1) is 13.2 Å². The second-order valence-corrected chi connectivity index (χ2v) is 5.52. The van der Waals surface area contributed by atoms with Crippen LogP contribution >= 0.6 is 0 Å². The fourth-order valence-corrected chi connectivity index (χ4v) is 2.66. The predicted molar refractivity (Wildman–Crippen MR) is 77.8 cm³/mol. The quantitative estimate of drug-likeness (QED) is 0.887. The van der Waals surface area contributed by atoms with Gasteiger partial charge in [-0.3, -0.25) is 0 Å². The molecule has 2 N–H and O–H groups in total. The minimum Gasteiger partial charge on any atom is -0.493 e. The first-order valence-electron chi connectivity index (χ1n) is 7.26. The predicted octanol–water partition coefficient (Wildman–Crippen LogP) is 3.15. The van der Waals surface area contributed by atoms with Crippen molar-refractivity contribution in [1.29, 1.82) is 0 Å². The molecule has 0 aliphatic heterocycles. The highest BCUT2D eigenvalue weighted by Crippen LogP contribution is 2.33. The van der Waals surface area contributed by atoms with E-state index in [1.807, 2.05) is 6.07 Å². The second kappa shape index (κ2) is 6.80. The molecule has 0 aromatic heterocycles. The fourth-order valence-electron chi connectivity index (χ4n) is 2.66. The Hall–Kier alpha value is -1.22. The molecule has 0 radical (unpaired) electrons. The van der Waals surface area contributed by atoms with E-state index in [0.29, 0.717) is 12.6 Å². The Morgan fingerprint density at radius 3 is 2.53 bits per heavy atom. The highest BCUT2D eigenvalue weighted by Gasteiger charge is 2.20. The van der Waals surface area contributed by atoms with Crippen LogP contribution in [0.3, 0.4) is 0 Å². The highest BCUT2D eigenvalue weighted by molar-refractivity contribution is 5.43. The topological polar surface area (TPSA) is 44.5 Å². The number of hydrogen-bond donors (Lipinski definition) is 1. The first kappa shape index (κ1) is 14.2. The summed E-state index contributed by atoms with van der Waals surface area (Å²) in [5, 5.41) is 0. The van der Waals surface area contributed by atoms with Gasteiger partial charge in [-0.25, -0.2) is 0 Å². The molecule has 106 valence electrons. The summed E-state index contributed by atoms with van der Waals surface area (Å²) in [4.78, 5) is 0. The Morgan fingerprint density at radius 2 is 1.89 bits per heavy atom. The number of nitrogens with two attached hydrogens (primary N) is 1. The van der Waals surface area contributed by atoms with Crippen LogP contribution in [0.1, 0.15) is 38.2 Å². The molecule has 0 atom stereocenters. The Labute approximate surface area is 116 Å². The molecule has 1 aliphatic rings. The Balaban J connectivity index is 2.06. The summed E-state index contributed by atoms with van der Waals surface area (Å²) in [6.45, 7) is 2.98. The van der Waals surface area contributed by atoms with Crippen LogP contribution in [0.2, 0.25) is 0 Å². The largest absolute Gasteiger partial charge is 0.493 e. The van der Waals surface area contributed by atoms with E-state index in [-0.39, 0.29) is 0 Å². The van der Waals surface area contributed by atoms with Gasteiger partial charge in [-0.15, -0.1) is 0 Å². The lowest BCUT2D eigenvalue weighted by Crippen LogP contribution is -2.23. The minimum atomic E-state index is 0.332. The molecule has 1 aromatic rings. The van der Waals surface area contributed by atoms with Gasteiger partial charge in [0.25, 0.3) is 0 Å². The van der Waals surface area contributed by atoms with Crippen LogP contribution in [0, 0.1) is 5.92 Å². The van der Waals surface area contributed by atoms with Crippen LogP contribution in [0.25, 0.3) is 0 Å². The van der Waals surface area contributed by atoms with Crippen LogP contribution in [-0.2, 0) is 6.42 Å². The lowest BCUT2D eigenvalue weighted by atomic mass is 9.89. The van der Waals surface area contributed by atoms with Gasteiger partial charge < -0.3 is 15.2 Å². The summed E-state index contributed by atoms with van der Waals surface area (Å²) in [5.74, 6) is 2.53. The average molecular weight is 263 g/mol. The molecule has 0 spiro atoms. The molecule has 1 saturated carbocycles. The van der Waals surface area contributed by atoms with E-state index in [4.69, 9.17) is 15.2 Å². The maximum atomic E-state index is 6.15. The molecule has 1 aliphatic carbocycles. The fraction of sp³-hybridized carbons (Fsp3) is 0.625. The van der Waals surface area contributed by atoms with E-state index in [2.05, 4.69) is 19.1 Å². The molecule has 0 amide bonds. The third-order valence-electron chi connectivity index (χ3n) is 3.92. The molecule has 2 rings (SSSR count). The van der Waals surface area contributed by atoms with Gasteiger partial charge in [0.1, 0.15) is 0 Å².